The number of carbonyl (C=O) groups is 2. The van der Waals surface area contributed by atoms with Gasteiger partial charge in [0.2, 0.25) is 21.8 Å². The van der Waals surface area contributed by atoms with Crippen molar-refractivity contribution in [3.8, 4) is 0 Å². The van der Waals surface area contributed by atoms with Crippen molar-refractivity contribution < 1.29 is 18.0 Å². The molecule has 2 aromatic rings. The standard InChI is InChI=1S/C25H34ClN3O4S/c1-7-19(4)27-25(31)20(5)28(15-21-10-8-9-11-22(21)26)24(30)16-29(34(6,32)33)23-14-17(2)12-13-18(23)3/h8-14,19-20H,7,15-16H2,1-6H3,(H,27,31)/t19-,20-/m1/s1. The third-order valence-corrected chi connectivity index (χ3v) is 7.27. The maximum absolute atomic E-state index is 13.6. The van der Waals surface area contributed by atoms with E-state index in [9.17, 15) is 18.0 Å². The van der Waals surface area contributed by atoms with Crippen LogP contribution in [0.2, 0.25) is 5.02 Å². The molecule has 0 bridgehead atoms. The van der Waals surface area contributed by atoms with E-state index in [1.165, 1.54) is 4.90 Å². The van der Waals surface area contributed by atoms with Crippen molar-refractivity contribution in [1.29, 1.82) is 0 Å². The first-order valence-electron chi connectivity index (χ1n) is 11.2. The smallest absolute Gasteiger partial charge is 0.244 e. The quantitative estimate of drug-likeness (QED) is 0.525. The highest BCUT2D eigenvalue weighted by Crippen LogP contribution is 2.25. The van der Waals surface area contributed by atoms with Crippen molar-refractivity contribution in [2.24, 2.45) is 0 Å². The highest BCUT2D eigenvalue weighted by atomic mass is 35.5. The van der Waals surface area contributed by atoms with Crippen molar-refractivity contribution >= 4 is 39.1 Å². The second-order valence-electron chi connectivity index (χ2n) is 8.67. The first-order valence-corrected chi connectivity index (χ1v) is 13.5. The van der Waals surface area contributed by atoms with Crippen LogP contribution in [0, 0.1) is 13.8 Å². The Morgan fingerprint density at radius 2 is 1.74 bits per heavy atom. The van der Waals surface area contributed by atoms with Gasteiger partial charge in [-0.1, -0.05) is 48.9 Å². The topological polar surface area (TPSA) is 86.8 Å². The second-order valence-corrected chi connectivity index (χ2v) is 11.0. The lowest BCUT2D eigenvalue weighted by Gasteiger charge is -2.32. The second kappa shape index (κ2) is 11.7. The average molecular weight is 508 g/mol. The minimum Gasteiger partial charge on any atom is -0.352 e. The van der Waals surface area contributed by atoms with Crippen LogP contribution in [-0.2, 0) is 26.2 Å². The molecule has 0 fully saturated rings. The number of carbonyl (C=O) groups excluding carboxylic acids is 2. The lowest BCUT2D eigenvalue weighted by atomic mass is 10.1. The van der Waals surface area contributed by atoms with Crippen LogP contribution in [0.25, 0.3) is 0 Å². The fourth-order valence-electron chi connectivity index (χ4n) is 3.44. The van der Waals surface area contributed by atoms with Crippen molar-refractivity contribution in [1.82, 2.24) is 10.2 Å². The van der Waals surface area contributed by atoms with Crippen molar-refractivity contribution in [2.75, 3.05) is 17.1 Å². The van der Waals surface area contributed by atoms with Crippen LogP contribution in [0.15, 0.2) is 42.5 Å². The van der Waals surface area contributed by atoms with Crippen LogP contribution >= 0.6 is 11.6 Å². The van der Waals surface area contributed by atoms with E-state index in [1.54, 1.807) is 44.2 Å². The Morgan fingerprint density at radius 3 is 2.32 bits per heavy atom. The Kier molecular flexibility index (Phi) is 9.53. The zero-order valence-corrected chi connectivity index (χ0v) is 22.2. The lowest BCUT2D eigenvalue weighted by molar-refractivity contribution is -0.139. The molecule has 0 aliphatic rings. The summed E-state index contributed by atoms with van der Waals surface area (Å²) < 4.78 is 26.5. The van der Waals surface area contributed by atoms with Gasteiger partial charge in [-0.2, -0.15) is 0 Å². The first kappa shape index (κ1) is 27.7. The van der Waals surface area contributed by atoms with Gasteiger partial charge in [-0.3, -0.25) is 13.9 Å². The van der Waals surface area contributed by atoms with Crippen molar-refractivity contribution in [3.05, 3.63) is 64.2 Å². The van der Waals surface area contributed by atoms with Crippen LogP contribution < -0.4 is 9.62 Å². The monoisotopic (exact) mass is 507 g/mol. The number of nitrogens with one attached hydrogen (secondary N) is 1. The molecule has 2 aromatic carbocycles. The van der Waals surface area contributed by atoms with Gasteiger partial charge in [-0.15, -0.1) is 0 Å². The molecule has 186 valence electrons. The lowest BCUT2D eigenvalue weighted by Crippen LogP contribution is -2.52. The van der Waals surface area contributed by atoms with Gasteiger partial charge < -0.3 is 10.2 Å². The molecule has 0 heterocycles. The molecule has 0 saturated heterocycles. The molecule has 0 aliphatic heterocycles. The molecular weight excluding hydrogens is 474 g/mol. The van der Waals surface area contributed by atoms with E-state index in [1.807, 2.05) is 32.9 Å². The molecule has 2 rings (SSSR count). The molecule has 0 unspecified atom stereocenters. The fourth-order valence-corrected chi connectivity index (χ4v) is 4.54. The Balaban J connectivity index is 2.45. The molecule has 7 nitrogen and oxygen atoms in total. The molecule has 0 aromatic heterocycles. The number of halogens is 1. The number of sulfonamides is 1. The molecule has 0 aliphatic carbocycles. The molecule has 2 amide bonds. The number of benzene rings is 2. The highest BCUT2D eigenvalue weighted by Gasteiger charge is 2.31. The van der Waals surface area contributed by atoms with Gasteiger partial charge in [0.15, 0.2) is 0 Å². The number of hydrogen-bond donors (Lipinski definition) is 1. The molecule has 1 N–H and O–H groups in total. The van der Waals surface area contributed by atoms with Crippen LogP contribution in [-0.4, -0.2) is 50.0 Å². The molecule has 2 atom stereocenters. The zero-order chi connectivity index (χ0) is 25.6. The summed E-state index contributed by atoms with van der Waals surface area (Å²) in [6, 6.07) is 11.6. The molecule has 34 heavy (non-hydrogen) atoms. The summed E-state index contributed by atoms with van der Waals surface area (Å²) in [5, 5.41) is 3.36. The molecule has 0 saturated carbocycles. The van der Waals surface area contributed by atoms with E-state index >= 15 is 0 Å². The van der Waals surface area contributed by atoms with Crippen LogP contribution in [0.5, 0.6) is 0 Å². The Morgan fingerprint density at radius 1 is 1.09 bits per heavy atom. The number of amides is 2. The molecule has 0 spiro atoms. The highest BCUT2D eigenvalue weighted by molar-refractivity contribution is 7.92. The number of aryl methyl sites for hydroxylation is 2. The molecule has 0 radical (unpaired) electrons. The molecule has 9 heteroatoms. The summed E-state index contributed by atoms with van der Waals surface area (Å²) in [6.07, 6.45) is 1.81. The van der Waals surface area contributed by atoms with Crippen LogP contribution in [0.4, 0.5) is 5.69 Å². The van der Waals surface area contributed by atoms with E-state index in [0.29, 0.717) is 16.3 Å². The van der Waals surface area contributed by atoms with E-state index in [-0.39, 0.29) is 18.5 Å². The van der Waals surface area contributed by atoms with E-state index < -0.39 is 28.5 Å². The summed E-state index contributed by atoms with van der Waals surface area (Å²) in [5.41, 5.74) is 2.70. The van der Waals surface area contributed by atoms with Gasteiger partial charge >= 0.3 is 0 Å². The van der Waals surface area contributed by atoms with Gasteiger partial charge in [0.05, 0.1) is 11.9 Å². The number of nitrogens with zero attached hydrogens (tertiary/aromatic N) is 2. The minimum atomic E-state index is -3.78. The van der Waals surface area contributed by atoms with Gasteiger partial charge in [-0.05, 0) is 62.9 Å². The van der Waals surface area contributed by atoms with Gasteiger partial charge in [0.25, 0.3) is 0 Å². The SMILES string of the molecule is CC[C@@H](C)NC(=O)[C@@H](C)N(Cc1ccccc1Cl)C(=O)CN(c1cc(C)ccc1C)S(C)(=O)=O. The van der Waals surface area contributed by atoms with Gasteiger partial charge in [0.1, 0.15) is 12.6 Å². The predicted octanol–water partition coefficient (Wildman–Crippen LogP) is 4.05. The maximum Gasteiger partial charge on any atom is 0.244 e. The van der Waals surface area contributed by atoms with E-state index in [2.05, 4.69) is 5.32 Å². The van der Waals surface area contributed by atoms with Gasteiger partial charge in [0, 0.05) is 17.6 Å². The zero-order valence-electron chi connectivity index (χ0n) is 20.6. The number of anilines is 1. The van der Waals surface area contributed by atoms with Crippen molar-refractivity contribution in [2.45, 2.75) is 59.7 Å². The summed E-state index contributed by atoms with van der Waals surface area (Å²) in [7, 11) is -3.78. The average Bonchev–Trinajstić information content (AvgIpc) is 2.77. The number of rotatable bonds is 10. The molecular formula is C25H34ClN3O4S. The summed E-state index contributed by atoms with van der Waals surface area (Å²) >= 11 is 6.33. The third-order valence-electron chi connectivity index (χ3n) is 5.78. The number of hydrogen-bond acceptors (Lipinski definition) is 4. The Labute approximate surface area is 208 Å². The summed E-state index contributed by atoms with van der Waals surface area (Å²) in [4.78, 5) is 27.9. The fraction of sp³-hybridized carbons (Fsp3) is 0.440. The summed E-state index contributed by atoms with van der Waals surface area (Å²) in [6.45, 7) is 8.76. The van der Waals surface area contributed by atoms with Crippen LogP contribution in [0.3, 0.4) is 0 Å². The first-order chi connectivity index (χ1) is 15.8. The maximum atomic E-state index is 13.6. The van der Waals surface area contributed by atoms with E-state index in [4.69, 9.17) is 11.6 Å². The predicted molar refractivity (Wildman–Crippen MR) is 137 cm³/mol. The Bertz CT molecular complexity index is 1140. The van der Waals surface area contributed by atoms with Gasteiger partial charge in [-0.25, -0.2) is 8.42 Å². The summed E-state index contributed by atoms with van der Waals surface area (Å²) in [5.74, 6) is -0.814. The third kappa shape index (κ3) is 7.21. The van der Waals surface area contributed by atoms with E-state index in [0.717, 1.165) is 28.1 Å². The normalized spacial score (nSPS) is 13.1. The largest absolute Gasteiger partial charge is 0.352 e. The van der Waals surface area contributed by atoms with Crippen molar-refractivity contribution in [3.63, 3.8) is 0 Å². The van der Waals surface area contributed by atoms with Crippen LogP contribution in [0.1, 0.15) is 43.9 Å². The minimum absolute atomic E-state index is 0.0605. The Hall–Kier alpha value is -2.58.